The van der Waals surface area contributed by atoms with E-state index >= 15 is 4.39 Å². The number of ether oxygens (including phenoxy) is 3. The van der Waals surface area contributed by atoms with Crippen LogP contribution in [0.1, 0.15) is 68.3 Å². The van der Waals surface area contributed by atoms with E-state index in [1.165, 1.54) is 12.1 Å². The molecule has 11 heteroatoms. The monoisotopic (exact) mass is 655 g/mol. The Kier molecular flexibility index (Phi) is 11.4. The number of likely N-dealkylation sites (tertiary alicyclic amines) is 1. The first-order valence-electron chi connectivity index (χ1n) is 16.2. The normalized spacial score (nSPS) is 21.5. The summed E-state index contributed by atoms with van der Waals surface area (Å²) in [6.45, 7) is 5.56. The molecule has 2 fully saturated rings. The zero-order valence-corrected chi connectivity index (χ0v) is 27.5. The summed E-state index contributed by atoms with van der Waals surface area (Å²) in [7, 11) is 1.85. The number of halogens is 2. The molecule has 0 radical (unpaired) electrons. The molecule has 1 saturated heterocycles. The van der Waals surface area contributed by atoms with Crippen LogP contribution in [0, 0.1) is 11.7 Å². The van der Waals surface area contributed by atoms with E-state index in [1.807, 2.05) is 49.7 Å². The highest BCUT2D eigenvalue weighted by molar-refractivity contribution is 6.34. The standard InChI is InChI=1S/C35H43ClFN3O6/c1-4-14-45-26-17-24(21-46-25-12-10-22(11-13-25)35(43)44-5-2)40(19-26)33(41)16-23-15-29(36)31(18-30(23)37)38-34(42)28-20-39(3)32-9-7-6-8-27(28)32/h6-9,15,18,20,22,24-26H,4-5,10-14,16-17,19,21H2,1-3H3,(H,38,42)/t22?,24-,25?,26-/m0/s1. The van der Waals surface area contributed by atoms with Gasteiger partial charge in [0.05, 0.1) is 60.1 Å². The summed E-state index contributed by atoms with van der Waals surface area (Å²) in [6, 6.07) is 9.87. The van der Waals surface area contributed by atoms with Gasteiger partial charge in [0.25, 0.3) is 5.91 Å². The summed E-state index contributed by atoms with van der Waals surface area (Å²) >= 11 is 6.51. The topological polar surface area (TPSA) is 99.1 Å². The molecule has 0 bridgehead atoms. The lowest BCUT2D eigenvalue weighted by Crippen LogP contribution is -2.40. The Morgan fingerprint density at radius 1 is 1.04 bits per heavy atom. The molecular formula is C35H43ClFN3O6. The van der Waals surface area contributed by atoms with Crippen molar-refractivity contribution in [3.05, 3.63) is 64.6 Å². The number of nitrogens with zero attached hydrogens (tertiary/aromatic N) is 2. The lowest BCUT2D eigenvalue weighted by molar-refractivity contribution is -0.150. The summed E-state index contributed by atoms with van der Waals surface area (Å²) in [4.78, 5) is 40.5. The largest absolute Gasteiger partial charge is 0.466 e. The van der Waals surface area contributed by atoms with Crippen LogP contribution < -0.4 is 5.32 Å². The number of esters is 1. The van der Waals surface area contributed by atoms with Crippen LogP contribution in [0.4, 0.5) is 10.1 Å². The van der Waals surface area contributed by atoms with Crippen LogP contribution in [0.2, 0.25) is 5.02 Å². The number of hydrogen-bond acceptors (Lipinski definition) is 6. The van der Waals surface area contributed by atoms with E-state index in [2.05, 4.69) is 5.32 Å². The minimum absolute atomic E-state index is 0.00567. The summed E-state index contributed by atoms with van der Waals surface area (Å²) < 4.78 is 34.7. The molecule has 2 aliphatic rings. The maximum atomic E-state index is 15.4. The molecule has 1 aliphatic heterocycles. The number of fused-ring (bicyclic) bond motifs is 1. The van der Waals surface area contributed by atoms with Gasteiger partial charge in [-0.15, -0.1) is 0 Å². The van der Waals surface area contributed by atoms with E-state index in [4.69, 9.17) is 25.8 Å². The molecule has 248 valence electrons. The molecule has 5 rings (SSSR count). The van der Waals surface area contributed by atoms with E-state index in [9.17, 15) is 14.4 Å². The summed E-state index contributed by atoms with van der Waals surface area (Å²) in [5, 5.41) is 3.64. The second-order valence-electron chi connectivity index (χ2n) is 12.2. The molecule has 2 heterocycles. The SMILES string of the molecule is CCCO[C@H]1C[C@@H](COC2CCC(C(=O)OCC)CC2)N(C(=O)Cc2cc(Cl)c(NC(=O)c3cn(C)c4ccccc34)cc2F)C1. The van der Waals surface area contributed by atoms with Crippen molar-refractivity contribution in [2.24, 2.45) is 13.0 Å². The highest BCUT2D eigenvalue weighted by Crippen LogP contribution is 2.31. The van der Waals surface area contributed by atoms with Crippen molar-refractivity contribution in [2.45, 2.75) is 77.0 Å². The molecule has 0 unspecified atom stereocenters. The number of rotatable bonds is 12. The first kappa shape index (κ1) is 33.9. The van der Waals surface area contributed by atoms with Gasteiger partial charge in [-0.05, 0) is 69.2 Å². The molecular weight excluding hydrogens is 613 g/mol. The number of carbonyl (C=O) groups excluding carboxylic acids is 3. The number of amides is 2. The highest BCUT2D eigenvalue weighted by Gasteiger charge is 2.37. The Labute approximate surface area is 274 Å². The van der Waals surface area contributed by atoms with Crippen molar-refractivity contribution < 1.29 is 33.0 Å². The van der Waals surface area contributed by atoms with Crippen molar-refractivity contribution in [3.8, 4) is 0 Å². The molecule has 1 N–H and O–H groups in total. The number of nitrogens with one attached hydrogen (secondary N) is 1. The molecule has 2 aromatic carbocycles. The fourth-order valence-corrected chi connectivity index (χ4v) is 6.74. The minimum Gasteiger partial charge on any atom is -0.466 e. The lowest BCUT2D eigenvalue weighted by atomic mass is 9.87. The predicted molar refractivity (Wildman–Crippen MR) is 174 cm³/mol. The van der Waals surface area contributed by atoms with Crippen molar-refractivity contribution in [1.82, 2.24) is 9.47 Å². The average molecular weight is 656 g/mol. The predicted octanol–water partition coefficient (Wildman–Crippen LogP) is 6.30. The molecule has 1 aromatic heterocycles. The zero-order valence-electron chi connectivity index (χ0n) is 26.7. The van der Waals surface area contributed by atoms with Crippen molar-refractivity contribution in [2.75, 3.05) is 31.7 Å². The first-order valence-corrected chi connectivity index (χ1v) is 16.6. The van der Waals surface area contributed by atoms with Crippen LogP contribution in [-0.4, -0.2) is 71.9 Å². The molecule has 1 saturated carbocycles. The lowest BCUT2D eigenvalue weighted by Gasteiger charge is -2.30. The summed E-state index contributed by atoms with van der Waals surface area (Å²) in [5.41, 5.74) is 1.62. The second-order valence-corrected chi connectivity index (χ2v) is 12.6. The van der Waals surface area contributed by atoms with Gasteiger partial charge in [-0.25, -0.2) is 4.39 Å². The zero-order chi connectivity index (χ0) is 32.8. The fourth-order valence-electron chi connectivity index (χ4n) is 6.51. The van der Waals surface area contributed by atoms with Gasteiger partial charge in [0.15, 0.2) is 0 Å². The van der Waals surface area contributed by atoms with Crippen molar-refractivity contribution in [1.29, 1.82) is 0 Å². The molecule has 3 aromatic rings. The number of aryl methyl sites for hydroxylation is 1. The third-order valence-electron chi connectivity index (χ3n) is 8.94. The number of hydrogen-bond donors (Lipinski definition) is 1. The Hall–Kier alpha value is -3.47. The molecule has 46 heavy (non-hydrogen) atoms. The van der Waals surface area contributed by atoms with Gasteiger partial charge in [-0.3, -0.25) is 14.4 Å². The maximum Gasteiger partial charge on any atom is 0.308 e. The Morgan fingerprint density at radius 2 is 1.80 bits per heavy atom. The van der Waals surface area contributed by atoms with Gasteiger partial charge < -0.3 is 29.0 Å². The number of para-hydroxylation sites is 1. The van der Waals surface area contributed by atoms with Gasteiger partial charge >= 0.3 is 5.97 Å². The fraction of sp³-hybridized carbons (Fsp3) is 0.514. The van der Waals surface area contributed by atoms with Crippen molar-refractivity contribution in [3.63, 3.8) is 0 Å². The molecule has 2 atom stereocenters. The summed E-state index contributed by atoms with van der Waals surface area (Å²) in [5.74, 6) is -1.51. The van der Waals surface area contributed by atoms with Crippen LogP contribution in [0.3, 0.4) is 0 Å². The third-order valence-corrected chi connectivity index (χ3v) is 9.25. The molecule has 1 aliphatic carbocycles. The van der Waals surface area contributed by atoms with E-state index < -0.39 is 11.7 Å². The van der Waals surface area contributed by atoms with Gasteiger partial charge in [0.2, 0.25) is 5.91 Å². The van der Waals surface area contributed by atoms with Crippen molar-refractivity contribution >= 4 is 46.0 Å². The minimum atomic E-state index is -0.630. The van der Waals surface area contributed by atoms with Crippen LogP contribution in [0.25, 0.3) is 10.9 Å². The number of aromatic nitrogens is 1. The van der Waals surface area contributed by atoms with Crippen LogP contribution in [0.15, 0.2) is 42.6 Å². The van der Waals surface area contributed by atoms with Gasteiger partial charge in [0.1, 0.15) is 5.82 Å². The van der Waals surface area contributed by atoms with Crippen LogP contribution >= 0.6 is 11.6 Å². The third kappa shape index (κ3) is 7.90. The van der Waals surface area contributed by atoms with Gasteiger partial charge in [-0.1, -0.05) is 36.7 Å². The highest BCUT2D eigenvalue weighted by atomic mass is 35.5. The number of carbonyl (C=O) groups is 3. The second kappa shape index (κ2) is 15.4. The first-order chi connectivity index (χ1) is 22.2. The van der Waals surface area contributed by atoms with Crippen LogP contribution in [-0.2, 0) is 37.3 Å². The Balaban J connectivity index is 1.22. The van der Waals surface area contributed by atoms with Gasteiger partial charge in [-0.2, -0.15) is 0 Å². The molecule has 0 spiro atoms. The maximum absolute atomic E-state index is 15.4. The van der Waals surface area contributed by atoms with Crippen LogP contribution in [0.5, 0.6) is 0 Å². The smallest absolute Gasteiger partial charge is 0.308 e. The Bertz CT molecular complexity index is 1550. The van der Waals surface area contributed by atoms with Gasteiger partial charge in [0, 0.05) is 37.3 Å². The van der Waals surface area contributed by atoms with E-state index in [0.717, 1.165) is 43.0 Å². The summed E-state index contributed by atoms with van der Waals surface area (Å²) in [6.07, 6.45) is 5.86. The van der Waals surface area contributed by atoms with E-state index in [0.29, 0.717) is 38.3 Å². The molecule has 2 amide bonds. The number of benzene rings is 2. The Morgan fingerprint density at radius 3 is 2.54 bits per heavy atom. The molecule has 9 nitrogen and oxygen atoms in total. The quantitative estimate of drug-likeness (QED) is 0.230. The number of anilines is 1. The van der Waals surface area contributed by atoms with E-state index in [-0.39, 0.29) is 58.7 Å². The van der Waals surface area contributed by atoms with E-state index in [1.54, 1.807) is 11.1 Å². The average Bonchev–Trinajstić information content (AvgIpc) is 3.62.